The first-order valence-corrected chi connectivity index (χ1v) is 7.86. The first-order valence-electron chi connectivity index (χ1n) is 6.69. The van der Waals surface area contributed by atoms with Gasteiger partial charge in [0, 0.05) is 10.6 Å². The Hall–Kier alpha value is -1.69. The molecule has 0 spiro atoms. The number of nitrogens with two attached hydrogens (primary N) is 1. The van der Waals surface area contributed by atoms with Crippen LogP contribution in [0.2, 0.25) is 10.0 Å². The summed E-state index contributed by atoms with van der Waals surface area (Å²) in [6, 6.07) is 10.3. The summed E-state index contributed by atoms with van der Waals surface area (Å²) < 4.78 is 16.5. The smallest absolute Gasteiger partial charge is 0.161 e. The summed E-state index contributed by atoms with van der Waals surface area (Å²) in [5, 5.41) is 1.01. The van der Waals surface area contributed by atoms with E-state index in [1.165, 1.54) is 0 Å². The van der Waals surface area contributed by atoms with Gasteiger partial charge in [-0.15, -0.1) is 0 Å². The van der Waals surface area contributed by atoms with E-state index in [4.69, 9.17) is 55.4 Å². The number of thiocarbonyl (C=S) groups is 1. The van der Waals surface area contributed by atoms with E-state index < -0.39 is 0 Å². The van der Waals surface area contributed by atoms with Gasteiger partial charge in [0.2, 0.25) is 0 Å². The standard InChI is InChI=1S/C16H15Cl2NO3S/c1-20-15-8-10(16(19)23)2-4-14(15)22-7-6-21-13-5-3-11(17)9-12(13)18/h2-5,8-9H,6-7H2,1H3,(H2,19,23). The topological polar surface area (TPSA) is 53.7 Å². The van der Waals surface area contributed by atoms with E-state index in [1.54, 1.807) is 43.5 Å². The summed E-state index contributed by atoms with van der Waals surface area (Å²) in [5.74, 6) is 1.69. The molecule has 0 heterocycles. The van der Waals surface area contributed by atoms with Crippen molar-refractivity contribution in [2.24, 2.45) is 5.73 Å². The maximum Gasteiger partial charge on any atom is 0.161 e. The van der Waals surface area contributed by atoms with Gasteiger partial charge in [-0.05, 0) is 36.4 Å². The third-order valence-electron chi connectivity index (χ3n) is 2.94. The maximum absolute atomic E-state index is 6.03. The monoisotopic (exact) mass is 371 g/mol. The SMILES string of the molecule is COc1cc(C(N)=S)ccc1OCCOc1ccc(Cl)cc1Cl. The van der Waals surface area contributed by atoms with Crippen molar-refractivity contribution >= 4 is 40.4 Å². The predicted molar refractivity (Wildman–Crippen MR) is 96.3 cm³/mol. The number of hydrogen-bond acceptors (Lipinski definition) is 4. The summed E-state index contributed by atoms with van der Waals surface area (Å²) in [7, 11) is 1.55. The molecule has 7 heteroatoms. The van der Waals surface area contributed by atoms with E-state index in [-0.39, 0.29) is 0 Å². The fraction of sp³-hybridized carbons (Fsp3) is 0.188. The molecule has 0 atom stereocenters. The van der Waals surface area contributed by atoms with Crippen LogP contribution in [-0.2, 0) is 0 Å². The zero-order valence-corrected chi connectivity index (χ0v) is 14.7. The Morgan fingerprint density at radius 2 is 1.65 bits per heavy atom. The molecule has 23 heavy (non-hydrogen) atoms. The lowest BCUT2D eigenvalue weighted by Gasteiger charge is -2.13. The lowest BCUT2D eigenvalue weighted by atomic mass is 10.2. The average Bonchev–Trinajstić information content (AvgIpc) is 2.53. The fourth-order valence-corrected chi connectivity index (χ4v) is 2.43. The third-order valence-corrected chi connectivity index (χ3v) is 3.71. The van der Waals surface area contributed by atoms with E-state index >= 15 is 0 Å². The maximum atomic E-state index is 6.03. The van der Waals surface area contributed by atoms with Gasteiger partial charge in [0.15, 0.2) is 11.5 Å². The molecule has 0 fully saturated rings. The second kappa shape index (κ2) is 8.24. The number of methoxy groups -OCH3 is 1. The molecule has 0 saturated heterocycles. The van der Waals surface area contributed by atoms with Crippen LogP contribution in [0.4, 0.5) is 0 Å². The Balaban J connectivity index is 1.92. The van der Waals surface area contributed by atoms with Gasteiger partial charge in [-0.1, -0.05) is 35.4 Å². The molecular weight excluding hydrogens is 357 g/mol. The minimum atomic E-state index is 0.301. The van der Waals surface area contributed by atoms with E-state index in [2.05, 4.69) is 0 Å². The summed E-state index contributed by atoms with van der Waals surface area (Å²) in [6.45, 7) is 0.642. The van der Waals surface area contributed by atoms with Gasteiger partial charge < -0.3 is 19.9 Å². The normalized spacial score (nSPS) is 10.2. The van der Waals surface area contributed by atoms with Crippen molar-refractivity contribution in [3.05, 3.63) is 52.0 Å². The Morgan fingerprint density at radius 3 is 2.26 bits per heavy atom. The number of benzene rings is 2. The fourth-order valence-electron chi connectivity index (χ4n) is 1.84. The van der Waals surface area contributed by atoms with Crippen LogP contribution in [0.25, 0.3) is 0 Å². The lowest BCUT2D eigenvalue weighted by Crippen LogP contribution is -2.11. The molecule has 0 aliphatic carbocycles. The van der Waals surface area contributed by atoms with Crippen molar-refractivity contribution in [3.63, 3.8) is 0 Å². The van der Waals surface area contributed by atoms with Crippen molar-refractivity contribution in [1.82, 2.24) is 0 Å². The summed E-state index contributed by atoms with van der Waals surface area (Å²) in [6.07, 6.45) is 0. The molecule has 2 aromatic carbocycles. The van der Waals surface area contributed by atoms with Crippen molar-refractivity contribution in [1.29, 1.82) is 0 Å². The highest BCUT2D eigenvalue weighted by molar-refractivity contribution is 7.80. The zero-order valence-electron chi connectivity index (χ0n) is 12.3. The highest BCUT2D eigenvalue weighted by Crippen LogP contribution is 2.29. The highest BCUT2D eigenvalue weighted by Gasteiger charge is 2.08. The second-order valence-electron chi connectivity index (χ2n) is 4.50. The van der Waals surface area contributed by atoms with Gasteiger partial charge in [0.05, 0.1) is 12.1 Å². The lowest BCUT2D eigenvalue weighted by molar-refractivity contribution is 0.211. The van der Waals surface area contributed by atoms with E-state index in [9.17, 15) is 0 Å². The van der Waals surface area contributed by atoms with Crippen LogP contribution in [0.3, 0.4) is 0 Å². The molecule has 0 bridgehead atoms. The van der Waals surface area contributed by atoms with Gasteiger partial charge >= 0.3 is 0 Å². The van der Waals surface area contributed by atoms with Gasteiger partial charge in [0.25, 0.3) is 0 Å². The van der Waals surface area contributed by atoms with Crippen LogP contribution in [0, 0.1) is 0 Å². The van der Waals surface area contributed by atoms with Crippen LogP contribution in [0.1, 0.15) is 5.56 Å². The second-order valence-corrected chi connectivity index (χ2v) is 5.79. The van der Waals surface area contributed by atoms with Crippen LogP contribution in [0.15, 0.2) is 36.4 Å². The van der Waals surface area contributed by atoms with Crippen LogP contribution >= 0.6 is 35.4 Å². The number of hydrogen-bond donors (Lipinski definition) is 1. The molecule has 2 rings (SSSR count). The quantitative estimate of drug-likeness (QED) is 0.586. The molecule has 0 aliphatic heterocycles. The highest BCUT2D eigenvalue weighted by atomic mass is 35.5. The Morgan fingerprint density at radius 1 is 1.00 bits per heavy atom. The van der Waals surface area contributed by atoms with Gasteiger partial charge in [-0.3, -0.25) is 0 Å². The first kappa shape index (κ1) is 17.7. The number of ether oxygens (including phenoxy) is 3. The molecule has 0 amide bonds. The first-order chi connectivity index (χ1) is 11.0. The van der Waals surface area contributed by atoms with Crippen molar-refractivity contribution < 1.29 is 14.2 Å². The third kappa shape index (κ3) is 4.89. The molecule has 0 saturated carbocycles. The molecule has 2 aromatic rings. The van der Waals surface area contributed by atoms with Crippen LogP contribution < -0.4 is 19.9 Å². The Kier molecular flexibility index (Phi) is 6.33. The number of halogens is 2. The molecule has 0 aromatic heterocycles. The van der Waals surface area contributed by atoms with Crippen LogP contribution in [-0.4, -0.2) is 25.3 Å². The Bertz CT molecular complexity index is 710. The van der Waals surface area contributed by atoms with Crippen molar-refractivity contribution in [3.8, 4) is 17.2 Å². The van der Waals surface area contributed by atoms with E-state index in [1.807, 2.05) is 0 Å². The summed E-state index contributed by atoms with van der Waals surface area (Å²) in [5.41, 5.74) is 6.31. The van der Waals surface area contributed by atoms with Crippen molar-refractivity contribution in [2.45, 2.75) is 0 Å². The molecule has 122 valence electrons. The number of rotatable bonds is 7. The predicted octanol–water partition coefficient (Wildman–Crippen LogP) is 4.09. The van der Waals surface area contributed by atoms with Gasteiger partial charge in [-0.2, -0.15) is 0 Å². The molecular formula is C16H15Cl2NO3S. The molecule has 0 unspecified atom stereocenters. The Labute approximate surface area is 150 Å². The summed E-state index contributed by atoms with van der Waals surface area (Å²) in [4.78, 5) is 0.301. The van der Waals surface area contributed by atoms with Crippen LogP contribution in [0.5, 0.6) is 17.2 Å². The van der Waals surface area contributed by atoms with Gasteiger partial charge in [0.1, 0.15) is 24.0 Å². The summed E-state index contributed by atoms with van der Waals surface area (Å²) >= 11 is 16.8. The minimum absolute atomic E-state index is 0.301. The average molecular weight is 372 g/mol. The van der Waals surface area contributed by atoms with E-state index in [0.29, 0.717) is 51.1 Å². The molecule has 4 nitrogen and oxygen atoms in total. The minimum Gasteiger partial charge on any atom is -0.493 e. The van der Waals surface area contributed by atoms with Crippen molar-refractivity contribution in [2.75, 3.05) is 20.3 Å². The molecule has 0 radical (unpaired) electrons. The van der Waals surface area contributed by atoms with Gasteiger partial charge in [-0.25, -0.2) is 0 Å². The van der Waals surface area contributed by atoms with E-state index in [0.717, 1.165) is 0 Å². The molecule has 0 aliphatic rings. The largest absolute Gasteiger partial charge is 0.493 e. The molecule has 2 N–H and O–H groups in total. The zero-order chi connectivity index (χ0) is 16.8.